The second-order valence-electron chi connectivity index (χ2n) is 3.74. The molecule has 1 atom stereocenters. The minimum atomic E-state index is -1.02. The van der Waals surface area contributed by atoms with Crippen LogP contribution in [0.2, 0.25) is 0 Å². The average Bonchev–Trinajstić information content (AvgIpc) is 2.67. The van der Waals surface area contributed by atoms with Crippen molar-refractivity contribution >= 4 is 23.6 Å². The number of hydrogen-bond acceptors (Lipinski definition) is 3. The van der Waals surface area contributed by atoms with E-state index in [1.54, 1.807) is 24.3 Å². The standard InChI is InChI=1S/C13H11NO4/c15-11-6-7-12(16)14(11)10-4-1-9(2-5-10)3-8-13(17)18/h1-8,11,15H,(H,17,18)/b8-3+. The van der Waals surface area contributed by atoms with Crippen LogP contribution in [0.3, 0.4) is 0 Å². The molecule has 5 nitrogen and oxygen atoms in total. The van der Waals surface area contributed by atoms with Crippen molar-refractivity contribution in [2.45, 2.75) is 6.23 Å². The zero-order valence-corrected chi connectivity index (χ0v) is 9.35. The van der Waals surface area contributed by atoms with Gasteiger partial charge < -0.3 is 10.2 Å². The number of benzene rings is 1. The number of carboxylic acids is 1. The van der Waals surface area contributed by atoms with E-state index in [2.05, 4.69) is 0 Å². The lowest BCUT2D eigenvalue weighted by Gasteiger charge is -2.20. The predicted octanol–water partition coefficient (Wildman–Crippen LogP) is 1.01. The SMILES string of the molecule is O=C(O)/C=C/c1ccc(N2C(=O)C=CC2O)cc1. The Balaban J connectivity index is 2.18. The molecule has 1 aliphatic heterocycles. The molecule has 1 amide bonds. The molecule has 92 valence electrons. The molecule has 0 aromatic heterocycles. The first-order valence-electron chi connectivity index (χ1n) is 5.28. The van der Waals surface area contributed by atoms with E-state index in [1.807, 2.05) is 0 Å². The molecule has 0 radical (unpaired) electrons. The molecule has 1 aromatic rings. The third-order valence-corrected chi connectivity index (χ3v) is 2.50. The fourth-order valence-electron chi connectivity index (χ4n) is 1.66. The molecule has 1 aliphatic rings. The number of aliphatic carboxylic acids is 1. The van der Waals surface area contributed by atoms with Crippen molar-refractivity contribution in [1.82, 2.24) is 0 Å². The van der Waals surface area contributed by atoms with Crippen molar-refractivity contribution in [1.29, 1.82) is 0 Å². The van der Waals surface area contributed by atoms with E-state index in [1.165, 1.54) is 23.1 Å². The lowest BCUT2D eigenvalue weighted by Crippen LogP contribution is -2.33. The van der Waals surface area contributed by atoms with E-state index in [0.717, 1.165) is 6.08 Å². The van der Waals surface area contributed by atoms with Crippen LogP contribution in [-0.2, 0) is 9.59 Å². The zero-order chi connectivity index (χ0) is 13.1. The molecule has 5 heteroatoms. The van der Waals surface area contributed by atoms with Crippen LogP contribution in [0.15, 0.2) is 42.5 Å². The van der Waals surface area contributed by atoms with Crippen LogP contribution < -0.4 is 4.90 Å². The summed E-state index contributed by atoms with van der Waals surface area (Å²) in [5.41, 5.74) is 1.26. The van der Waals surface area contributed by atoms with Gasteiger partial charge in [-0.1, -0.05) is 12.1 Å². The Hall–Kier alpha value is -2.40. The van der Waals surface area contributed by atoms with Gasteiger partial charge in [-0.3, -0.25) is 9.69 Å². The van der Waals surface area contributed by atoms with Gasteiger partial charge in [0, 0.05) is 17.8 Å². The molecule has 0 saturated carbocycles. The third kappa shape index (κ3) is 2.46. The van der Waals surface area contributed by atoms with Gasteiger partial charge in [-0.25, -0.2) is 4.79 Å². The Labute approximate surface area is 103 Å². The van der Waals surface area contributed by atoms with Gasteiger partial charge in [0.05, 0.1) is 0 Å². The minimum Gasteiger partial charge on any atom is -0.478 e. The first-order chi connectivity index (χ1) is 8.58. The van der Waals surface area contributed by atoms with Crippen LogP contribution in [-0.4, -0.2) is 28.3 Å². The summed E-state index contributed by atoms with van der Waals surface area (Å²) < 4.78 is 0. The largest absolute Gasteiger partial charge is 0.478 e. The summed E-state index contributed by atoms with van der Waals surface area (Å²) in [6.07, 6.45) is 4.25. The molecule has 0 spiro atoms. The van der Waals surface area contributed by atoms with Gasteiger partial charge in [0.25, 0.3) is 5.91 Å². The average molecular weight is 245 g/mol. The van der Waals surface area contributed by atoms with Gasteiger partial charge >= 0.3 is 5.97 Å². The Morgan fingerprint density at radius 3 is 2.44 bits per heavy atom. The Morgan fingerprint density at radius 1 is 1.28 bits per heavy atom. The third-order valence-electron chi connectivity index (χ3n) is 2.50. The number of anilines is 1. The maximum atomic E-state index is 11.5. The normalized spacial score (nSPS) is 18.8. The van der Waals surface area contributed by atoms with E-state index in [4.69, 9.17) is 5.11 Å². The van der Waals surface area contributed by atoms with Crippen LogP contribution in [0.4, 0.5) is 5.69 Å². The fraction of sp³-hybridized carbons (Fsp3) is 0.0769. The lowest BCUT2D eigenvalue weighted by molar-refractivity contribution is -0.131. The molecule has 1 heterocycles. The summed E-state index contributed by atoms with van der Waals surface area (Å²) >= 11 is 0. The highest BCUT2D eigenvalue weighted by molar-refractivity contribution is 6.04. The van der Waals surface area contributed by atoms with E-state index in [-0.39, 0.29) is 5.91 Å². The van der Waals surface area contributed by atoms with Crippen LogP contribution in [0.1, 0.15) is 5.56 Å². The summed E-state index contributed by atoms with van der Waals surface area (Å²) in [5, 5.41) is 18.1. The predicted molar refractivity (Wildman–Crippen MR) is 65.7 cm³/mol. The van der Waals surface area contributed by atoms with Gasteiger partial charge in [0.2, 0.25) is 0 Å². The van der Waals surface area contributed by atoms with Crippen molar-refractivity contribution in [3.8, 4) is 0 Å². The molecule has 2 N–H and O–H groups in total. The van der Waals surface area contributed by atoms with Gasteiger partial charge in [-0.15, -0.1) is 0 Å². The van der Waals surface area contributed by atoms with Gasteiger partial charge in [-0.2, -0.15) is 0 Å². The maximum absolute atomic E-state index is 11.5. The Morgan fingerprint density at radius 2 is 1.94 bits per heavy atom. The minimum absolute atomic E-state index is 0.281. The Bertz CT molecular complexity index is 530. The van der Waals surface area contributed by atoms with E-state index >= 15 is 0 Å². The molecule has 2 rings (SSSR count). The van der Waals surface area contributed by atoms with Crippen molar-refractivity contribution in [2.75, 3.05) is 4.90 Å². The van der Waals surface area contributed by atoms with Gasteiger partial charge in [-0.05, 0) is 29.8 Å². The first-order valence-corrected chi connectivity index (χ1v) is 5.28. The van der Waals surface area contributed by atoms with E-state index < -0.39 is 12.2 Å². The first kappa shape index (κ1) is 12.1. The number of carboxylic acid groups (broad SMARTS) is 1. The quantitative estimate of drug-likeness (QED) is 0.779. The summed E-state index contributed by atoms with van der Waals surface area (Å²) in [4.78, 5) is 23.1. The Kier molecular flexibility index (Phi) is 3.25. The van der Waals surface area contributed by atoms with Gasteiger partial charge in [0.1, 0.15) is 0 Å². The highest BCUT2D eigenvalue weighted by atomic mass is 16.4. The summed E-state index contributed by atoms with van der Waals surface area (Å²) in [6.45, 7) is 0. The number of carbonyl (C=O) groups excluding carboxylic acids is 1. The molecule has 0 bridgehead atoms. The maximum Gasteiger partial charge on any atom is 0.328 e. The smallest absolute Gasteiger partial charge is 0.328 e. The number of aliphatic hydroxyl groups excluding tert-OH is 1. The van der Waals surface area contributed by atoms with E-state index in [0.29, 0.717) is 11.3 Å². The summed E-state index contributed by atoms with van der Waals surface area (Å²) in [5.74, 6) is -1.30. The second-order valence-corrected chi connectivity index (χ2v) is 3.74. The highest BCUT2D eigenvalue weighted by Gasteiger charge is 2.24. The molecule has 0 fully saturated rings. The molecule has 0 aliphatic carbocycles. The van der Waals surface area contributed by atoms with Crippen LogP contribution in [0.25, 0.3) is 6.08 Å². The van der Waals surface area contributed by atoms with Crippen LogP contribution in [0, 0.1) is 0 Å². The number of nitrogens with zero attached hydrogens (tertiary/aromatic N) is 1. The number of hydrogen-bond donors (Lipinski definition) is 2. The monoisotopic (exact) mass is 245 g/mol. The molecule has 1 unspecified atom stereocenters. The molecule has 1 aromatic carbocycles. The molecule has 18 heavy (non-hydrogen) atoms. The number of aliphatic hydroxyl groups is 1. The van der Waals surface area contributed by atoms with Gasteiger partial charge in [0.15, 0.2) is 6.23 Å². The number of carbonyl (C=O) groups is 2. The molecular formula is C13H11NO4. The summed E-state index contributed by atoms with van der Waals surface area (Å²) in [6, 6.07) is 6.64. The van der Waals surface area contributed by atoms with Crippen molar-refractivity contribution < 1.29 is 19.8 Å². The molecule has 0 saturated heterocycles. The van der Waals surface area contributed by atoms with Crippen molar-refractivity contribution in [2.24, 2.45) is 0 Å². The highest BCUT2D eigenvalue weighted by Crippen LogP contribution is 2.21. The van der Waals surface area contributed by atoms with Crippen LogP contribution >= 0.6 is 0 Å². The van der Waals surface area contributed by atoms with Crippen molar-refractivity contribution in [3.63, 3.8) is 0 Å². The summed E-state index contributed by atoms with van der Waals surface area (Å²) in [7, 11) is 0. The molecular weight excluding hydrogens is 234 g/mol. The number of amides is 1. The zero-order valence-electron chi connectivity index (χ0n) is 9.35. The van der Waals surface area contributed by atoms with E-state index in [9.17, 15) is 14.7 Å². The number of rotatable bonds is 3. The van der Waals surface area contributed by atoms with Crippen LogP contribution in [0.5, 0.6) is 0 Å². The fourth-order valence-corrected chi connectivity index (χ4v) is 1.66. The van der Waals surface area contributed by atoms with Crippen molar-refractivity contribution in [3.05, 3.63) is 48.1 Å². The topological polar surface area (TPSA) is 77.8 Å². The lowest BCUT2D eigenvalue weighted by atomic mass is 10.2. The second kappa shape index (κ2) is 4.85.